The van der Waals surface area contributed by atoms with Gasteiger partial charge in [-0.15, -0.1) is 0 Å². The molecule has 1 N–H and O–H groups in total. The first-order valence-corrected chi connectivity index (χ1v) is 17.9. The van der Waals surface area contributed by atoms with Gasteiger partial charge in [0.25, 0.3) is 0 Å². The largest absolute Gasteiger partial charge is 0.507 e. The van der Waals surface area contributed by atoms with E-state index < -0.39 is 0 Å². The maximum Gasteiger partial charge on any atom is 0.234 e. The summed E-state index contributed by atoms with van der Waals surface area (Å²) in [5, 5.41) is 12.4. The van der Waals surface area contributed by atoms with E-state index in [4.69, 9.17) is 9.47 Å². The number of allylic oxidation sites excluding steroid dienone is 1. The number of amides is 2. The van der Waals surface area contributed by atoms with Crippen molar-refractivity contribution in [2.75, 3.05) is 13.2 Å². The van der Waals surface area contributed by atoms with Gasteiger partial charge >= 0.3 is 0 Å². The number of likely N-dealkylation sites (tertiary alicyclic amines) is 1. The van der Waals surface area contributed by atoms with Gasteiger partial charge in [-0.1, -0.05) is 104 Å². The molecule has 2 aliphatic heterocycles. The number of hydrogen-bond acceptors (Lipinski definition) is 5. The zero-order valence-electron chi connectivity index (χ0n) is 27.8. The van der Waals surface area contributed by atoms with Gasteiger partial charge in [-0.25, -0.2) is 0 Å². The van der Waals surface area contributed by atoms with Crippen LogP contribution < -0.4 is 4.74 Å². The van der Waals surface area contributed by atoms with Crippen molar-refractivity contribution in [1.29, 1.82) is 0 Å². The minimum Gasteiger partial charge on any atom is -0.507 e. The molecule has 250 valence electrons. The molecular weight excluding hydrogens is 610 g/mol. The molecule has 4 aliphatic rings. The number of carbonyl (C=O) groups excluding carboxylic acids is 2. The van der Waals surface area contributed by atoms with Crippen molar-refractivity contribution in [1.82, 2.24) is 4.90 Å². The van der Waals surface area contributed by atoms with Crippen molar-refractivity contribution in [3.63, 3.8) is 0 Å². The van der Waals surface area contributed by atoms with Gasteiger partial charge in [0.2, 0.25) is 11.8 Å². The Morgan fingerprint density at radius 1 is 0.816 bits per heavy atom. The first-order chi connectivity index (χ1) is 24.1. The SMILES string of the molecule is O=C1[C@@H]2[C@@H](CC(COc3ccccc3)=C3[C@@H](CC/C(=C/c4ccc(O)c5ccccc45)c4ccccc4)OC[C@@H]32)C(=O)N1C1CCCCC1. The molecule has 0 aromatic heterocycles. The summed E-state index contributed by atoms with van der Waals surface area (Å²) in [5.74, 6) is 0.267. The fourth-order valence-corrected chi connectivity index (χ4v) is 8.87. The van der Waals surface area contributed by atoms with Gasteiger partial charge in [-0.2, -0.15) is 0 Å². The van der Waals surface area contributed by atoms with Crippen LogP contribution in [0.15, 0.2) is 108 Å². The molecule has 4 atom stereocenters. The number of benzene rings is 4. The van der Waals surface area contributed by atoms with Crippen molar-refractivity contribution < 1.29 is 24.2 Å². The van der Waals surface area contributed by atoms with Crippen molar-refractivity contribution >= 4 is 34.2 Å². The van der Waals surface area contributed by atoms with Crippen LogP contribution in [0.1, 0.15) is 62.5 Å². The maximum atomic E-state index is 14.1. The number of nitrogens with zero attached hydrogens (tertiary/aromatic N) is 1. The number of ether oxygens (including phenoxy) is 2. The zero-order chi connectivity index (χ0) is 33.3. The Labute approximate surface area is 288 Å². The lowest BCUT2D eigenvalue weighted by atomic mass is 9.69. The van der Waals surface area contributed by atoms with Gasteiger partial charge < -0.3 is 14.6 Å². The second-order valence-corrected chi connectivity index (χ2v) is 14.1. The van der Waals surface area contributed by atoms with Crippen LogP contribution in [0.25, 0.3) is 22.4 Å². The predicted octanol–water partition coefficient (Wildman–Crippen LogP) is 8.59. The highest BCUT2D eigenvalue weighted by Gasteiger charge is 2.58. The summed E-state index contributed by atoms with van der Waals surface area (Å²) in [5.41, 5.74) is 5.65. The van der Waals surface area contributed by atoms with Crippen molar-refractivity contribution in [2.45, 2.75) is 63.5 Å². The monoisotopic (exact) mass is 653 g/mol. The summed E-state index contributed by atoms with van der Waals surface area (Å²) in [7, 11) is 0. The lowest BCUT2D eigenvalue weighted by molar-refractivity contribution is -0.143. The molecule has 0 bridgehead atoms. The molecule has 4 aromatic carbocycles. The molecule has 2 amide bonds. The van der Waals surface area contributed by atoms with E-state index in [0.717, 1.165) is 71.7 Å². The molecule has 49 heavy (non-hydrogen) atoms. The second kappa shape index (κ2) is 13.7. The van der Waals surface area contributed by atoms with E-state index >= 15 is 0 Å². The summed E-state index contributed by atoms with van der Waals surface area (Å²) in [6.45, 7) is 0.825. The Morgan fingerprint density at radius 3 is 2.31 bits per heavy atom. The topological polar surface area (TPSA) is 76.1 Å². The fraction of sp³-hybridized carbons (Fsp3) is 0.349. The summed E-state index contributed by atoms with van der Waals surface area (Å²) >= 11 is 0. The lowest BCUT2D eigenvalue weighted by Crippen LogP contribution is -2.42. The summed E-state index contributed by atoms with van der Waals surface area (Å²) in [4.78, 5) is 29.8. The van der Waals surface area contributed by atoms with E-state index in [0.29, 0.717) is 19.6 Å². The lowest BCUT2D eigenvalue weighted by Gasteiger charge is -2.32. The Bertz CT molecular complexity index is 1910. The van der Waals surface area contributed by atoms with Crippen LogP contribution >= 0.6 is 0 Å². The van der Waals surface area contributed by atoms with Gasteiger partial charge in [0.15, 0.2) is 0 Å². The zero-order valence-corrected chi connectivity index (χ0v) is 27.8. The Balaban J connectivity index is 1.11. The number of rotatable bonds is 9. The van der Waals surface area contributed by atoms with E-state index in [2.05, 4.69) is 30.3 Å². The van der Waals surface area contributed by atoms with E-state index in [9.17, 15) is 14.7 Å². The van der Waals surface area contributed by atoms with E-state index in [-0.39, 0.29) is 47.5 Å². The average molecular weight is 654 g/mol. The van der Waals surface area contributed by atoms with Crippen LogP contribution in [0.3, 0.4) is 0 Å². The standard InChI is InChI=1S/C43H43NO5/c45-38-22-20-30(34-18-10-11-19-35(34)38)24-29(28-12-4-1-5-13-28)21-23-39-40-31(26-48-33-16-8-3-9-17-33)25-36-41(37(40)27-49-39)43(47)44(42(36)46)32-14-6-2-7-15-32/h1,3-5,8-13,16-20,22,24,32,36-37,39,41,45H,2,6-7,14-15,21,23,25-27H2/b29-24-/t36-,37+,39-,41-/m1/s1. The van der Waals surface area contributed by atoms with Gasteiger partial charge in [0, 0.05) is 17.3 Å². The smallest absolute Gasteiger partial charge is 0.234 e. The highest BCUT2D eigenvalue weighted by atomic mass is 16.5. The van der Waals surface area contributed by atoms with Crippen LogP contribution in [0, 0.1) is 17.8 Å². The van der Waals surface area contributed by atoms with Crippen LogP contribution in [0.2, 0.25) is 0 Å². The highest BCUT2D eigenvalue weighted by Crippen LogP contribution is 2.51. The number of hydrogen-bond donors (Lipinski definition) is 1. The van der Waals surface area contributed by atoms with Crippen LogP contribution in [0.5, 0.6) is 11.5 Å². The van der Waals surface area contributed by atoms with E-state index in [1.165, 1.54) is 17.6 Å². The molecular formula is C43H43NO5. The molecule has 6 nitrogen and oxygen atoms in total. The minimum atomic E-state index is -0.359. The molecule has 2 heterocycles. The van der Waals surface area contributed by atoms with Crippen molar-refractivity contribution in [3.8, 4) is 11.5 Å². The van der Waals surface area contributed by atoms with Gasteiger partial charge in [-0.3, -0.25) is 14.5 Å². The Kier molecular flexibility index (Phi) is 8.81. The first-order valence-electron chi connectivity index (χ1n) is 17.9. The molecule has 3 fully saturated rings. The third kappa shape index (κ3) is 6.08. The Morgan fingerprint density at radius 2 is 1.53 bits per heavy atom. The molecule has 2 saturated heterocycles. The highest BCUT2D eigenvalue weighted by molar-refractivity contribution is 6.06. The first kappa shape index (κ1) is 31.6. The summed E-state index contributed by atoms with van der Waals surface area (Å²) in [6.07, 6.45) is 9.23. The van der Waals surface area contributed by atoms with Crippen molar-refractivity contribution in [3.05, 3.63) is 119 Å². The molecule has 0 unspecified atom stereocenters. The second-order valence-electron chi connectivity index (χ2n) is 14.1. The number of para-hydroxylation sites is 1. The van der Waals surface area contributed by atoms with Crippen molar-refractivity contribution in [2.24, 2.45) is 17.8 Å². The average Bonchev–Trinajstić information content (AvgIpc) is 3.68. The molecule has 0 spiro atoms. The van der Waals surface area contributed by atoms with E-state index in [1.54, 1.807) is 11.0 Å². The van der Waals surface area contributed by atoms with Gasteiger partial charge in [0.05, 0.1) is 24.5 Å². The molecule has 1 saturated carbocycles. The normalized spacial score (nSPS) is 24.4. The van der Waals surface area contributed by atoms with Crippen LogP contribution in [0.4, 0.5) is 0 Å². The molecule has 4 aromatic rings. The number of imide groups is 1. The third-order valence-corrected chi connectivity index (χ3v) is 11.2. The molecule has 6 heteroatoms. The predicted molar refractivity (Wildman–Crippen MR) is 192 cm³/mol. The number of phenolic OH excluding ortho intramolecular Hbond substituents is 1. The minimum absolute atomic E-state index is 0.0111. The fourth-order valence-electron chi connectivity index (χ4n) is 8.87. The van der Waals surface area contributed by atoms with E-state index in [1.807, 2.05) is 66.7 Å². The number of aromatic hydroxyl groups is 1. The summed E-state index contributed by atoms with van der Waals surface area (Å²) < 4.78 is 12.9. The van der Waals surface area contributed by atoms with Crippen LogP contribution in [-0.4, -0.2) is 47.2 Å². The number of carbonyl (C=O) groups is 2. The quantitative estimate of drug-likeness (QED) is 0.111. The van der Waals surface area contributed by atoms with Crippen LogP contribution in [-0.2, 0) is 14.3 Å². The number of phenols is 1. The Hall–Kier alpha value is -4.68. The molecule has 8 rings (SSSR count). The van der Waals surface area contributed by atoms with Gasteiger partial charge in [0.1, 0.15) is 18.1 Å². The third-order valence-electron chi connectivity index (χ3n) is 11.2. The molecule has 0 radical (unpaired) electrons. The summed E-state index contributed by atoms with van der Waals surface area (Å²) in [6, 6.07) is 31.9. The van der Waals surface area contributed by atoms with Gasteiger partial charge in [-0.05, 0) is 83.5 Å². The number of fused-ring (bicyclic) bond motifs is 4. The molecule has 2 aliphatic carbocycles. The maximum absolute atomic E-state index is 14.1.